The van der Waals surface area contributed by atoms with Crippen LogP contribution in [0.15, 0.2) is 0 Å². The van der Waals surface area contributed by atoms with Gasteiger partial charge in [0.1, 0.15) is 0 Å². The van der Waals surface area contributed by atoms with Crippen LogP contribution in [0, 0.1) is 5.92 Å². The van der Waals surface area contributed by atoms with Crippen molar-refractivity contribution in [1.82, 2.24) is 23.7 Å². The van der Waals surface area contributed by atoms with E-state index in [4.69, 9.17) is 4.74 Å². The van der Waals surface area contributed by atoms with E-state index in [0.717, 1.165) is 26.1 Å². The number of piperidine rings is 1. The Labute approximate surface area is 186 Å². The zero-order valence-corrected chi connectivity index (χ0v) is 19.4. The van der Waals surface area contributed by atoms with Gasteiger partial charge in [0.25, 0.3) is 10.2 Å². The van der Waals surface area contributed by atoms with Crippen molar-refractivity contribution in [2.75, 3.05) is 72.1 Å². The molecule has 0 aromatic heterocycles. The summed E-state index contributed by atoms with van der Waals surface area (Å²) in [7, 11) is -3.65. The molecule has 3 rings (SSSR count). The molecule has 0 bridgehead atoms. The van der Waals surface area contributed by atoms with Crippen molar-refractivity contribution >= 4 is 22.2 Å². The predicted octanol–water partition coefficient (Wildman–Crippen LogP) is 0.319. The largest absolute Gasteiger partial charge is 0.450 e. The second kappa shape index (κ2) is 11.4. The van der Waals surface area contributed by atoms with E-state index >= 15 is 0 Å². The van der Waals surface area contributed by atoms with Gasteiger partial charge in [0.2, 0.25) is 5.91 Å². The third kappa shape index (κ3) is 6.53. The predicted molar refractivity (Wildman–Crippen MR) is 117 cm³/mol. The quantitative estimate of drug-likeness (QED) is 0.525. The van der Waals surface area contributed by atoms with Crippen molar-refractivity contribution in [2.24, 2.45) is 5.92 Å². The van der Waals surface area contributed by atoms with Crippen molar-refractivity contribution in [3.63, 3.8) is 0 Å². The van der Waals surface area contributed by atoms with Crippen LogP contribution in [-0.4, -0.2) is 111 Å². The third-order valence-electron chi connectivity index (χ3n) is 6.32. The molecule has 10 nitrogen and oxygen atoms in total. The van der Waals surface area contributed by atoms with Gasteiger partial charge in [-0.05, 0) is 58.7 Å². The molecule has 3 aliphatic rings. The Bertz CT molecular complexity index is 705. The summed E-state index contributed by atoms with van der Waals surface area (Å²) in [4.78, 5) is 28.4. The number of carbonyl (C=O) groups is 2. The molecular weight excluding hydrogens is 422 g/mol. The Hall–Kier alpha value is -1.43. The van der Waals surface area contributed by atoms with Crippen LogP contribution in [0.4, 0.5) is 4.79 Å². The lowest BCUT2D eigenvalue weighted by Crippen LogP contribution is -2.56. The van der Waals surface area contributed by atoms with E-state index in [0.29, 0.717) is 45.6 Å². The molecule has 1 N–H and O–H groups in total. The summed E-state index contributed by atoms with van der Waals surface area (Å²) < 4.78 is 34.0. The number of amides is 2. The highest BCUT2D eigenvalue weighted by Gasteiger charge is 2.37. The van der Waals surface area contributed by atoms with E-state index in [1.54, 1.807) is 6.92 Å². The minimum absolute atomic E-state index is 0.0477. The summed E-state index contributed by atoms with van der Waals surface area (Å²) in [6.45, 7) is 7.74. The third-order valence-corrected chi connectivity index (χ3v) is 8.32. The second-order valence-electron chi connectivity index (χ2n) is 8.48. The van der Waals surface area contributed by atoms with Gasteiger partial charge in [-0.15, -0.1) is 0 Å². The molecule has 3 fully saturated rings. The maximum absolute atomic E-state index is 13.1. The molecule has 3 aliphatic heterocycles. The van der Waals surface area contributed by atoms with Gasteiger partial charge in [0, 0.05) is 45.8 Å². The average Bonchev–Trinajstić information content (AvgIpc) is 3.30. The number of hydrogen-bond donors (Lipinski definition) is 1. The first kappa shape index (κ1) is 24.2. The molecular formula is C20H37N5O5S. The second-order valence-corrected chi connectivity index (χ2v) is 10.4. The van der Waals surface area contributed by atoms with Crippen molar-refractivity contribution in [3.05, 3.63) is 0 Å². The SMILES string of the molecule is CCOC(=O)N1CCN(S(=O)(=O)N2CCC[C@@H](C(=O)NCCCN3CCCC3)C2)CC1. The van der Waals surface area contributed by atoms with Crippen molar-refractivity contribution < 1.29 is 22.7 Å². The fourth-order valence-electron chi connectivity index (χ4n) is 4.51. The minimum Gasteiger partial charge on any atom is -0.450 e. The molecule has 31 heavy (non-hydrogen) atoms. The molecule has 0 spiro atoms. The van der Waals surface area contributed by atoms with Gasteiger partial charge in [-0.25, -0.2) is 4.79 Å². The maximum Gasteiger partial charge on any atom is 0.409 e. The molecule has 11 heteroatoms. The van der Waals surface area contributed by atoms with E-state index in [1.807, 2.05) is 0 Å². The lowest BCUT2D eigenvalue weighted by Gasteiger charge is -2.38. The fraction of sp³-hybridized carbons (Fsp3) is 0.900. The zero-order valence-electron chi connectivity index (χ0n) is 18.6. The van der Waals surface area contributed by atoms with Gasteiger partial charge < -0.3 is 19.9 Å². The summed E-state index contributed by atoms with van der Waals surface area (Å²) in [5.41, 5.74) is 0. The van der Waals surface area contributed by atoms with E-state index in [1.165, 1.54) is 26.4 Å². The van der Waals surface area contributed by atoms with Crippen LogP contribution in [0.1, 0.15) is 39.0 Å². The monoisotopic (exact) mass is 459 g/mol. The Morgan fingerprint density at radius 1 is 0.968 bits per heavy atom. The number of carbonyl (C=O) groups excluding carboxylic acids is 2. The number of nitrogens with zero attached hydrogens (tertiary/aromatic N) is 4. The van der Waals surface area contributed by atoms with Gasteiger partial charge in [-0.2, -0.15) is 17.0 Å². The summed E-state index contributed by atoms with van der Waals surface area (Å²) >= 11 is 0. The normalized spacial score (nSPS) is 24.3. The Morgan fingerprint density at radius 3 is 2.35 bits per heavy atom. The molecule has 0 aromatic rings. The molecule has 1 atom stereocenters. The lowest BCUT2D eigenvalue weighted by atomic mass is 9.99. The van der Waals surface area contributed by atoms with Crippen LogP contribution in [0.5, 0.6) is 0 Å². The number of nitrogens with one attached hydrogen (secondary N) is 1. The number of piperazine rings is 1. The van der Waals surface area contributed by atoms with Crippen LogP contribution in [-0.2, 0) is 19.7 Å². The number of ether oxygens (including phenoxy) is 1. The van der Waals surface area contributed by atoms with Gasteiger partial charge in [0.05, 0.1) is 12.5 Å². The van der Waals surface area contributed by atoms with E-state index in [2.05, 4.69) is 10.2 Å². The lowest BCUT2D eigenvalue weighted by molar-refractivity contribution is -0.126. The first-order chi connectivity index (χ1) is 14.9. The summed E-state index contributed by atoms with van der Waals surface area (Å²) in [6, 6.07) is 0. The first-order valence-electron chi connectivity index (χ1n) is 11.6. The smallest absolute Gasteiger partial charge is 0.409 e. The van der Waals surface area contributed by atoms with E-state index in [-0.39, 0.29) is 31.5 Å². The van der Waals surface area contributed by atoms with Gasteiger partial charge in [-0.3, -0.25) is 4.79 Å². The standard InChI is InChI=1S/C20H37N5O5S/c1-2-30-20(27)23-13-15-24(16-14-23)31(28,29)25-12-5-7-18(17-25)19(26)21-8-6-11-22-9-3-4-10-22/h18H,2-17H2,1H3,(H,21,26)/t18-/m1/s1. The fourth-order valence-corrected chi connectivity index (χ4v) is 6.19. The molecule has 3 saturated heterocycles. The Kier molecular flexibility index (Phi) is 8.94. The van der Waals surface area contributed by atoms with Crippen LogP contribution < -0.4 is 5.32 Å². The molecule has 0 saturated carbocycles. The molecule has 0 aromatic carbocycles. The molecule has 2 amide bonds. The van der Waals surface area contributed by atoms with E-state index < -0.39 is 16.3 Å². The number of hydrogen-bond acceptors (Lipinski definition) is 6. The van der Waals surface area contributed by atoms with E-state index in [9.17, 15) is 18.0 Å². The van der Waals surface area contributed by atoms with Crippen molar-refractivity contribution in [1.29, 1.82) is 0 Å². The summed E-state index contributed by atoms with van der Waals surface area (Å²) in [5, 5.41) is 3.00. The molecule has 178 valence electrons. The molecule has 0 unspecified atom stereocenters. The Morgan fingerprint density at radius 2 is 1.68 bits per heavy atom. The average molecular weight is 460 g/mol. The minimum atomic E-state index is -3.65. The summed E-state index contributed by atoms with van der Waals surface area (Å²) in [5.74, 6) is -0.357. The van der Waals surface area contributed by atoms with Crippen molar-refractivity contribution in [3.8, 4) is 0 Å². The molecule has 3 heterocycles. The Balaban J connectivity index is 1.44. The van der Waals surface area contributed by atoms with Gasteiger partial charge in [-0.1, -0.05) is 0 Å². The first-order valence-corrected chi connectivity index (χ1v) is 13.0. The van der Waals surface area contributed by atoms with Crippen LogP contribution in [0.3, 0.4) is 0 Å². The van der Waals surface area contributed by atoms with Crippen molar-refractivity contribution in [2.45, 2.75) is 39.0 Å². The highest BCUT2D eigenvalue weighted by molar-refractivity contribution is 7.86. The highest BCUT2D eigenvalue weighted by atomic mass is 32.2. The summed E-state index contributed by atoms with van der Waals surface area (Å²) in [6.07, 6.45) is 4.42. The molecule has 0 radical (unpaired) electrons. The van der Waals surface area contributed by atoms with Gasteiger partial charge >= 0.3 is 6.09 Å². The van der Waals surface area contributed by atoms with Crippen LogP contribution >= 0.6 is 0 Å². The number of rotatable bonds is 8. The molecule has 0 aliphatic carbocycles. The van der Waals surface area contributed by atoms with Gasteiger partial charge in [0.15, 0.2) is 0 Å². The zero-order chi connectivity index (χ0) is 22.3. The van der Waals surface area contributed by atoms with Crippen LogP contribution in [0.25, 0.3) is 0 Å². The topological polar surface area (TPSA) is 102 Å². The maximum atomic E-state index is 13.1. The van der Waals surface area contributed by atoms with Crippen LogP contribution in [0.2, 0.25) is 0 Å². The highest BCUT2D eigenvalue weighted by Crippen LogP contribution is 2.22. The number of likely N-dealkylation sites (tertiary alicyclic amines) is 1.